The Hall–Kier alpha value is -2.35. The molecule has 2 aromatic carbocycles. The van der Waals surface area contributed by atoms with Crippen molar-refractivity contribution in [3.63, 3.8) is 0 Å². The van der Waals surface area contributed by atoms with E-state index in [1.807, 2.05) is 66.1 Å². The van der Waals surface area contributed by atoms with Gasteiger partial charge in [-0.1, -0.05) is 48.2 Å². The maximum Gasteiger partial charge on any atom is 0.196 e. The average Bonchev–Trinajstić information content (AvgIpc) is 3.10. The lowest BCUT2D eigenvalue weighted by atomic mass is 10.2. The summed E-state index contributed by atoms with van der Waals surface area (Å²) in [7, 11) is 0. The summed E-state index contributed by atoms with van der Waals surface area (Å²) in [5.74, 6) is 2.30. The number of hydrogen-bond donors (Lipinski definition) is 1. The van der Waals surface area contributed by atoms with Crippen LogP contribution in [0.25, 0.3) is 5.69 Å². The highest BCUT2D eigenvalue weighted by Gasteiger charge is 2.15. The van der Waals surface area contributed by atoms with E-state index in [-0.39, 0.29) is 6.61 Å². The Morgan fingerprint density at radius 1 is 1.00 bits per heavy atom. The Morgan fingerprint density at radius 3 is 2.56 bits per heavy atom. The third-order valence-electron chi connectivity index (χ3n) is 3.86. The van der Waals surface area contributed by atoms with Gasteiger partial charge in [-0.15, -0.1) is 10.2 Å². The summed E-state index contributed by atoms with van der Waals surface area (Å²) in [6.07, 6.45) is 0. The zero-order chi connectivity index (χ0) is 18.9. The SMILES string of the molecule is Cc1ccccc1OCc1nnc(SCCOCCO)n1-c1ccccc1. The van der Waals surface area contributed by atoms with Crippen LogP contribution >= 0.6 is 11.8 Å². The van der Waals surface area contributed by atoms with Gasteiger partial charge in [-0.2, -0.15) is 0 Å². The van der Waals surface area contributed by atoms with Crippen molar-refractivity contribution < 1.29 is 14.6 Å². The summed E-state index contributed by atoms with van der Waals surface area (Å²) in [6.45, 7) is 3.27. The molecule has 7 heteroatoms. The van der Waals surface area contributed by atoms with Gasteiger partial charge in [0.15, 0.2) is 11.0 Å². The van der Waals surface area contributed by atoms with Crippen LogP contribution in [0.15, 0.2) is 59.8 Å². The lowest BCUT2D eigenvalue weighted by Crippen LogP contribution is -2.08. The predicted octanol–water partition coefficient (Wildman–Crippen LogP) is 3.26. The fourth-order valence-electron chi connectivity index (χ4n) is 2.54. The van der Waals surface area contributed by atoms with Crippen LogP contribution in [0, 0.1) is 6.92 Å². The molecule has 0 bridgehead atoms. The van der Waals surface area contributed by atoms with Gasteiger partial charge >= 0.3 is 0 Å². The molecule has 6 nitrogen and oxygen atoms in total. The maximum absolute atomic E-state index is 8.78. The highest BCUT2D eigenvalue weighted by Crippen LogP contribution is 2.24. The molecule has 142 valence electrons. The highest BCUT2D eigenvalue weighted by atomic mass is 32.2. The van der Waals surface area contributed by atoms with Crippen molar-refractivity contribution in [3.05, 3.63) is 66.0 Å². The van der Waals surface area contributed by atoms with Crippen LogP contribution in [0.3, 0.4) is 0 Å². The highest BCUT2D eigenvalue weighted by molar-refractivity contribution is 7.99. The van der Waals surface area contributed by atoms with Gasteiger partial charge in [0.2, 0.25) is 0 Å². The molecule has 0 spiro atoms. The van der Waals surface area contributed by atoms with Crippen molar-refractivity contribution in [1.82, 2.24) is 14.8 Å². The molecule has 27 heavy (non-hydrogen) atoms. The smallest absolute Gasteiger partial charge is 0.196 e. The molecule has 0 aliphatic heterocycles. The zero-order valence-corrected chi connectivity index (χ0v) is 16.1. The fraction of sp³-hybridized carbons (Fsp3) is 0.300. The number of rotatable bonds is 10. The van der Waals surface area contributed by atoms with Crippen molar-refractivity contribution in [3.8, 4) is 11.4 Å². The summed E-state index contributed by atoms with van der Waals surface area (Å²) < 4.78 is 13.3. The van der Waals surface area contributed by atoms with Crippen molar-refractivity contribution in [2.45, 2.75) is 18.7 Å². The monoisotopic (exact) mass is 385 g/mol. The van der Waals surface area contributed by atoms with E-state index in [0.29, 0.717) is 19.8 Å². The Kier molecular flexibility index (Phi) is 7.27. The van der Waals surface area contributed by atoms with Gasteiger partial charge in [-0.25, -0.2) is 0 Å². The van der Waals surface area contributed by atoms with E-state index in [1.165, 1.54) is 0 Å². The molecule has 0 radical (unpaired) electrons. The van der Waals surface area contributed by atoms with Crippen LogP contribution in [-0.2, 0) is 11.3 Å². The second-order valence-corrected chi connectivity index (χ2v) is 6.87. The van der Waals surface area contributed by atoms with Crippen molar-refractivity contribution in [2.24, 2.45) is 0 Å². The Labute approximate surface area is 163 Å². The molecule has 0 aliphatic rings. The van der Waals surface area contributed by atoms with Crippen LogP contribution in [0.4, 0.5) is 0 Å². The van der Waals surface area contributed by atoms with E-state index in [4.69, 9.17) is 14.6 Å². The largest absolute Gasteiger partial charge is 0.485 e. The van der Waals surface area contributed by atoms with Crippen LogP contribution < -0.4 is 4.74 Å². The van der Waals surface area contributed by atoms with E-state index >= 15 is 0 Å². The molecule has 0 atom stereocenters. The van der Waals surface area contributed by atoms with Crippen LogP contribution in [0.1, 0.15) is 11.4 Å². The molecule has 3 rings (SSSR count). The summed E-state index contributed by atoms with van der Waals surface area (Å²) in [4.78, 5) is 0. The minimum atomic E-state index is 0.0330. The second kappa shape index (κ2) is 10.1. The van der Waals surface area contributed by atoms with Gasteiger partial charge in [0.1, 0.15) is 12.4 Å². The second-order valence-electron chi connectivity index (χ2n) is 5.81. The molecule has 0 amide bonds. The Bertz CT molecular complexity index is 839. The molecular weight excluding hydrogens is 362 g/mol. The third-order valence-corrected chi connectivity index (χ3v) is 4.75. The number of ether oxygens (including phenoxy) is 2. The first kappa shape index (κ1) is 19.4. The predicted molar refractivity (Wildman–Crippen MR) is 105 cm³/mol. The lowest BCUT2D eigenvalue weighted by molar-refractivity contribution is 0.103. The van der Waals surface area contributed by atoms with E-state index in [9.17, 15) is 0 Å². The number of hydrogen-bond acceptors (Lipinski definition) is 6. The average molecular weight is 385 g/mol. The molecule has 0 saturated carbocycles. The van der Waals surface area contributed by atoms with Crippen LogP contribution in [0.5, 0.6) is 5.75 Å². The number of nitrogens with zero attached hydrogens (tertiary/aromatic N) is 3. The molecular formula is C20H23N3O3S. The standard InChI is InChI=1S/C20H23N3O3S/c1-16-7-5-6-10-18(16)26-15-19-21-22-20(27-14-13-25-12-11-24)23(19)17-8-3-2-4-9-17/h2-10,24H,11-15H2,1H3. The van der Waals surface area contributed by atoms with Crippen LogP contribution in [0.2, 0.25) is 0 Å². The topological polar surface area (TPSA) is 69.4 Å². The van der Waals surface area contributed by atoms with Crippen LogP contribution in [-0.4, -0.2) is 45.4 Å². The maximum atomic E-state index is 8.78. The first-order valence-electron chi connectivity index (χ1n) is 8.79. The number of aliphatic hydroxyl groups excluding tert-OH is 1. The van der Waals surface area contributed by atoms with E-state index in [1.54, 1.807) is 11.8 Å². The normalized spacial score (nSPS) is 10.9. The number of aryl methyl sites for hydroxylation is 1. The first-order chi connectivity index (χ1) is 13.3. The molecule has 1 aromatic heterocycles. The van der Waals surface area contributed by atoms with E-state index in [2.05, 4.69) is 10.2 Å². The number of aromatic nitrogens is 3. The summed E-state index contributed by atoms with van der Waals surface area (Å²) in [5.41, 5.74) is 2.07. The first-order valence-corrected chi connectivity index (χ1v) is 9.77. The van der Waals surface area contributed by atoms with E-state index in [0.717, 1.165) is 33.7 Å². The molecule has 1 N–H and O–H groups in total. The number of thioether (sulfide) groups is 1. The van der Waals surface area contributed by atoms with Gasteiger partial charge in [0, 0.05) is 11.4 Å². The molecule has 0 unspecified atom stereocenters. The quantitative estimate of drug-likeness (QED) is 0.427. The molecule has 0 fully saturated rings. The number of aliphatic hydroxyl groups is 1. The fourth-order valence-corrected chi connectivity index (χ4v) is 3.37. The minimum absolute atomic E-state index is 0.0330. The van der Waals surface area contributed by atoms with Gasteiger partial charge < -0.3 is 14.6 Å². The van der Waals surface area contributed by atoms with Crippen molar-refractivity contribution in [2.75, 3.05) is 25.6 Å². The molecule has 0 saturated heterocycles. The summed E-state index contributed by atoms with van der Waals surface area (Å²) in [6, 6.07) is 17.9. The van der Waals surface area contributed by atoms with Gasteiger partial charge in [0.05, 0.1) is 19.8 Å². The minimum Gasteiger partial charge on any atom is -0.485 e. The molecule has 3 aromatic rings. The third kappa shape index (κ3) is 5.32. The molecule has 0 aliphatic carbocycles. The van der Waals surface area contributed by atoms with E-state index < -0.39 is 0 Å². The van der Waals surface area contributed by atoms with Gasteiger partial charge in [0.25, 0.3) is 0 Å². The van der Waals surface area contributed by atoms with Crippen molar-refractivity contribution >= 4 is 11.8 Å². The zero-order valence-electron chi connectivity index (χ0n) is 15.2. The lowest BCUT2D eigenvalue weighted by Gasteiger charge is -2.12. The Balaban J connectivity index is 1.76. The number of para-hydroxylation sites is 2. The van der Waals surface area contributed by atoms with Gasteiger partial charge in [-0.05, 0) is 30.7 Å². The Morgan fingerprint density at radius 2 is 1.78 bits per heavy atom. The number of benzene rings is 2. The van der Waals surface area contributed by atoms with Gasteiger partial charge in [-0.3, -0.25) is 4.57 Å². The summed E-state index contributed by atoms with van der Waals surface area (Å²) in [5, 5.41) is 18.2. The molecule has 1 heterocycles. The summed E-state index contributed by atoms with van der Waals surface area (Å²) >= 11 is 1.57. The van der Waals surface area contributed by atoms with Crippen molar-refractivity contribution in [1.29, 1.82) is 0 Å².